The number of amides is 1. The lowest BCUT2D eigenvalue weighted by molar-refractivity contribution is 0.0933. The van der Waals surface area contributed by atoms with Crippen LogP contribution in [0.1, 0.15) is 43.5 Å². The Morgan fingerprint density at radius 2 is 2.10 bits per heavy atom. The highest BCUT2D eigenvalue weighted by atomic mass is 32.2. The molecule has 0 aliphatic carbocycles. The van der Waals surface area contributed by atoms with E-state index in [0.29, 0.717) is 0 Å². The summed E-state index contributed by atoms with van der Waals surface area (Å²) in [6.07, 6.45) is 2.72. The second-order valence-electron chi connectivity index (χ2n) is 4.70. The van der Waals surface area contributed by atoms with Crippen LogP contribution >= 0.6 is 0 Å². The molecule has 1 amide bonds. The monoisotopic (exact) mass is 302 g/mol. The molecule has 1 atom stereocenters. The zero-order valence-corrected chi connectivity index (χ0v) is 12.3. The van der Waals surface area contributed by atoms with Crippen molar-refractivity contribution in [3.05, 3.63) is 29.6 Å². The number of carbonyl (C=O) groups is 1. The fraction of sp³-hybridized carbons (Fsp3) is 0.462. The van der Waals surface area contributed by atoms with Crippen molar-refractivity contribution in [2.45, 2.75) is 44.0 Å². The summed E-state index contributed by atoms with van der Waals surface area (Å²) < 4.78 is 36.0. The maximum Gasteiger partial charge on any atom is 0.254 e. The number of nitrogens with one attached hydrogen (secondary N) is 1. The topological polar surface area (TPSA) is 89.3 Å². The van der Waals surface area contributed by atoms with Crippen molar-refractivity contribution in [1.82, 2.24) is 5.32 Å². The minimum absolute atomic E-state index is 0.111. The van der Waals surface area contributed by atoms with Gasteiger partial charge in [-0.25, -0.2) is 17.9 Å². The van der Waals surface area contributed by atoms with E-state index in [1.807, 2.05) is 13.8 Å². The van der Waals surface area contributed by atoms with Gasteiger partial charge in [0.1, 0.15) is 5.82 Å². The summed E-state index contributed by atoms with van der Waals surface area (Å²) >= 11 is 0. The van der Waals surface area contributed by atoms with Gasteiger partial charge < -0.3 is 5.32 Å². The lowest BCUT2D eigenvalue weighted by atomic mass is 10.1. The molecule has 0 bridgehead atoms. The van der Waals surface area contributed by atoms with Gasteiger partial charge in [0.25, 0.3) is 5.91 Å². The van der Waals surface area contributed by atoms with Gasteiger partial charge in [-0.1, -0.05) is 19.8 Å². The number of rotatable bonds is 6. The maximum absolute atomic E-state index is 13.6. The zero-order valence-electron chi connectivity index (χ0n) is 11.5. The first kappa shape index (κ1) is 16.6. The van der Waals surface area contributed by atoms with Gasteiger partial charge >= 0.3 is 0 Å². The number of unbranched alkanes of at least 4 members (excludes halogenated alkanes) is 1. The molecule has 5 nitrogen and oxygen atoms in total. The first-order chi connectivity index (χ1) is 9.25. The molecule has 0 radical (unpaired) electrons. The molecule has 7 heteroatoms. The van der Waals surface area contributed by atoms with Gasteiger partial charge in [0.05, 0.1) is 10.5 Å². The van der Waals surface area contributed by atoms with Crippen LogP contribution in [-0.2, 0) is 10.0 Å². The van der Waals surface area contributed by atoms with Gasteiger partial charge in [-0.15, -0.1) is 0 Å². The molecule has 0 saturated carbocycles. The molecule has 0 fully saturated rings. The van der Waals surface area contributed by atoms with Gasteiger partial charge in [-0.3, -0.25) is 4.79 Å². The fourth-order valence-electron chi connectivity index (χ4n) is 1.74. The molecule has 0 heterocycles. The van der Waals surface area contributed by atoms with Crippen molar-refractivity contribution in [1.29, 1.82) is 0 Å². The van der Waals surface area contributed by atoms with Gasteiger partial charge in [-0.2, -0.15) is 0 Å². The van der Waals surface area contributed by atoms with Gasteiger partial charge in [0.2, 0.25) is 10.0 Å². The third kappa shape index (κ3) is 4.57. The van der Waals surface area contributed by atoms with E-state index < -0.39 is 21.7 Å². The van der Waals surface area contributed by atoms with Crippen molar-refractivity contribution in [2.24, 2.45) is 5.14 Å². The van der Waals surface area contributed by atoms with Crippen LogP contribution in [0.3, 0.4) is 0 Å². The molecule has 20 heavy (non-hydrogen) atoms. The summed E-state index contributed by atoms with van der Waals surface area (Å²) in [7, 11) is -3.96. The Morgan fingerprint density at radius 1 is 1.45 bits per heavy atom. The minimum atomic E-state index is -3.96. The molecule has 1 unspecified atom stereocenters. The minimum Gasteiger partial charge on any atom is -0.349 e. The van der Waals surface area contributed by atoms with Crippen LogP contribution in [0.2, 0.25) is 0 Å². The van der Waals surface area contributed by atoms with E-state index in [1.54, 1.807) is 0 Å². The summed E-state index contributed by atoms with van der Waals surface area (Å²) in [5.74, 6) is -1.42. The summed E-state index contributed by atoms with van der Waals surface area (Å²) in [6, 6.07) is 2.79. The molecule has 1 aromatic rings. The third-order valence-electron chi connectivity index (χ3n) is 2.88. The van der Waals surface area contributed by atoms with E-state index in [1.165, 1.54) is 0 Å². The van der Waals surface area contributed by atoms with E-state index in [0.717, 1.165) is 37.5 Å². The van der Waals surface area contributed by atoms with Crippen LogP contribution in [0.5, 0.6) is 0 Å². The average Bonchev–Trinajstić information content (AvgIpc) is 2.35. The maximum atomic E-state index is 13.6. The Labute approximate surface area is 118 Å². The van der Waals surface area contributed by atoms with Crippen molar-refractivity contribution >= 4 is 15.9 Å². The molecule has 0 aliphatic rings. The number of sulfonamides is 1. The Bertz CT molecular complexity index is 587. The van der Waals surface area contributed by atoms with Gasteiger partial charge in [0, 0.05) is 6.04 Å². The summed E-state index contributed by atoms with van der Waals surface area (Å²) in [5.41, 5.74) is -0.320. The van der Waals surface area contributed by atoms with Crippen molar-refractivity contribution in [3.63, 3.8) is 0 Å². The van der Waals surface area contributed by atoms with E-state index in [-0.39, 0.29) is 16.5 Å². The van der Waals surface area contributed by atoms with E-state index >= 15 is 0 Å². The van der Waals surface area contributed by atoms with Crippen molar-refractivity contribution in [3.8, 4) is 0 Å². The lowest BCUT2D eigenvalue weighted by Crippen LogP contribution is -2.33. The smallest absolute Gasteiger partial charge is 0.254 e. The van der Waals surface area contributed by atoms with E-state index in [2.05, 4.69) is 5.32 Å². The van der Waals surface area contributed by atoms with E-state index in [4.69, 9.17) is 5.14 Å². The second kappa shape index (κ2) is 6.81. The summed E-state index contributed by atoms with van der Waals surface area (Å²) in [6.45, 7) is 3.85. The number of halogens is 1. The van der Waals surface area contributed by atoms with Crippen LogP contribution in [-0.4, -0.2) is 20.4 Å². The SMILES string of the molecule is CCCCC(C)NC(=O)c1cc(S(N)(=O)=O)ccc1F. The van der Waals surface area contributed by atoms with Crippen LogP contribution in [0.15, 0.2) is 23.1 Å². The second-order valence-corrected chi connectivity index (χ2v) is 6.26. The quantitative estimate of drug-likeness (QED) is 0.839. The lowest BCUT2D eigenvalue weighted by Gasteiger charge is -2.14. The number of nitrogens with two attached hydrogens (primary N) is 1. The predicted molar refractivity (Wildman–Crippen MR) is 74.2 cm³/mol. The van der Waals surface area contributed by atoms with E-state index in [9.17, 15) is 17.6 Å². The molecule has 0 aliphatic heterocycles. The Balaban J connectivity index is 2.93. The average molecular weight is 302 g/mol. The van der Waals surface area contributed by atoms with Crippen molar-refractivity contribution in [2.75, 3.05) is 0 Å². The number of carbonyl (C=O) groups excluding carboxylic acids is 1. The molecular weight excluding hydrogens is 283 g/mol. The normalized spacial score (nSPS) is 13.0. The number of primary sulfonamides is 1. The molecule has 112 valence electrons. The molecule has 0 aromatic heterocycles. The van der Waals surface area contributed by atoms with Crippen LogP contribution in [0.25, 0.3) is 0 Å². The highest BCUT2D eigenvalue weighted by molar-refractivity contribution is 7.89. The Morgan fingerprint density at radius 3 is 2.65 bits per heavy atom. The summed E-state index contributed by atoms with van der Waals surface area (Å²) in [4.78, 5) is 11.6. The first-order valence-electron chi connectivity index (χ1n) is 6.39. The Kier molecular flexibility index (Phi) is 5.64. The van der Waals surface area contributed by atoms with Crippen LogP contribution < -0.4 is 10.5 Å². The predicted octanol–water partition coefficient (Wildman–Crippen LogP) is 1.78. The largest absolute Gasteiger partial charge is 0.349 e. The molecular formula is C13H19FN2O3S. The highest BCUT2D eigenvalue weighted by Gasteiger charge is 2.17. The molecule has 3 N–H and O–H groups in total. The Hall–Kier alpha value is -1.47. The first-order valence-corrected chi connectivity index (χ1v) is 7.93. The summed E-state index contributed by atoms with van der Waals surface area (Å²) in [5, 5.41) is 7.60. The van der Waals surface area contributed by atoms with Gasteiger partial charge in [-0.05, 0) is 31.5 Å². The number of hydrogen-bond acceptors (Lipinski definition) is 3. The van der Waals surface area contributed by atoms with Gasteiger partial charge in [0.15, 0.2) is 0 Å². The molecule has 1 aromatic carbocycles. The highest BCUT2D eigenvalue weighted by Crippen LogP contribution is 2.14. The molecule has 0 spiro atoms. The fourth-order valence-corrected chi connectivity index (χ4v) is 2.28. The number of benzene rings is 1. The third-order valence-corrected chi connectivity index (χ3v) is 3.79. The number of hydrogen-bond donors (Lipinski definition) is 2. The van der Waals surface area contributed by atoms with Crippen LogP contribution in [0.4, 0.5) is 4.39 Å². The molecule has 0 saturated heterocycles. The van der Waals surface area contributed by atoms with Crippen LogP contribution in [0, 0.1) is 5.82 Å². The standard InChI is InChI=1S/C13H19FN2O3S/c1-3-4-5-9(2)16-13(17)11-8-10(20(15,18)19)6-7-12(11)14/h6-9H,3-5H2,1-2H3,(H,16,17)(H2,15,18,19). The molecule has 1 rings (SSSR count). The zero-order chi connectivity index (χ0) is 15.3. The van der Waals surface area contributed by atoms with Crippen molar-refractivity contribution < 1.29 is 17.6 Å².